The minimum Gasteiger partial charge on any atom is -0.481 e. The zero-order chi connectivity index (χ0) is 15.0. The summed E-state index contributed by atoms with van der Waals surface area (Å²) in [6, 6.07) is 1.55. The smallest absolute Gasteiger partial charge is 0.315 e. The van der Waals surface area contributed by atoms with Crippen molar-refractivity contribution in [3.8, 4) is 0 Å². The first kappa shape index (κ1) is 16.0. The largest absolute Gasteiger partial charge is 0.481 e. The number of amides is 2. The number of carboxylic acid groups (broad SMARTS) is 1. The van der Waals surface area contributed by atoms with Gasteiger partial charge in [0, 0.05) is 31.4 Å². The molecule has 1 aromatic rings. The predicted octanol–water partition coefficient (Wildman–Crippen LogP) is 1.07. The summed E-state index contributed by atoms with van der Waals surface area (Å²) < 4.78 is 1.75. The zero-order valence-corrected chi connectivity index (χ0v) is 11.9. The molecular weight excluding hydrogens is 260 g/mol. The lowest BCUT2D eigenvalue weighted by atomic mass is 10.1. The van der Waals surface area contributed by atoms with Crippen molar-refractivity contribution < 1.29 is 14.7 Å². The van der Waals surface area contributed by atoms with E-state index in [9.17, 15) is 9.59 Å². The first-order valence-electron chi connectivity index (χ1n) is 6.71. The second-order valence-electron chi connectivity index (χ2n) is 5.02. The monoisotopic (exact) mass is 282 g/mol. The number of urea groups is 1. The van der Waals surface area contributed by atoms with E-state index in [1.807, 2.05) is 26.1 Å². The van der Waals surface area contributed by atoms with Gasteiger partial charge >= 0.3 is 12.0 Å². The van der Waals surface area contributed by atoms with Crippen molar-refractivity contribution in [1.29, 1.82) is 0 Å². The Morgan fingerprint density at radius 1 is 1.40 bits per heavy atom. The Bertz CT molecular complexity index is 419. The van der Waals surface area contributed by atoms with Gasteiger partial charge in [0.1, 0.15) is 0 Å². The van der Waals surface area contributed by atoms with E-state index in [2.05, 4.69) is 15.7 Å². The van der Waals surface area contributed by atoms with Gasteiger partial charge in [-0.1, -0.05) is 6.92 Å². The number of aliphatic carboxylic acids is 1. The number of carbonyl (C=O) groups excluding carboxylic acids is 1. The van der Waals surface area contributed by atoms with Gasteiger partial charge in [-0.25, -0.2) is 4.79 Å². The molecule has 3 N–H and O–H groups in total. The summed E-state index contributed by atoms with van der Waals surface area (Å²) in [5, 5.41) is 18.2. The lowest BCUT2D eigenvalue weighted by molar-refractivity contribution is -0.137. The zero-order valence-electron chi connectivity index (χ0n) is 11.9. The molecule has 112 valence electrons. The van der Waals surface area contributed by atoms with E-state index in [-0.39, 0.29) is 24.4 Å². The maximum Gasteiger partial charge on any atom is 0.315 e. The fraction of sp³-hybridized carbons (Fsp3) is 0.615. The molecule has 2 amide bonds. The molecule has 1 aromatic heterocycles. The quantitative estimate of drug-likeness (QED) is 0.664. The van der Waals surface area contributed by atoms with Crippen LogP contribution in [0.5, 0.6) is 0 Å². The molecule has 0 spiro atoms. The van der Waals surface area contributed by atoms with E-state index in [0.717, 1.165) is 0 Å². The van der Waals surface area contributed by atoms with E-state index in [1.165, 1.54) is 0 Å². The van der Waals surface area contributed by atoms with Crippen molar-refractivity contribution in [1.82, 2.24) is 20.4 Å². The summed E-state index contributed by atoms with van der Waals surface area (Å²) in [5.41, 5.74) is 0. The fourth-order valence-corrected chi connectivity index (χ4v) is 1.75. The van der Waals surface area contributed by atoms with Crippen LogP contribution in [0.1, 0.15) is 26.7 Å². The van der Waals surface area contributed by atoms with E-state index in [1.54, 1.807) is 10.9 Å². The number of aromatic nitrogens is 2. The molecule has 0 aromatic carbocycles. The van der Waals surface area contributed by atoms with Crippen molar-refractivity contribution >= 4 is 12.0 Å². The van der Waals surface area contributed by atoms with Crippen LogP contribution in [0.2, 0.25) is 0 Å². The molecular formula is C13H22N4O3. The molecule has 2 atom stereocenters. The van der Waals surface area contributed by atoms with Crippen LogP contribution in [-0.4, -0.2) is 39.5 Å². The summed E-state index contributed by atoms with van der Waals surface area (Å²) in [5.74, 6) is -0.674. The van der Waals surface area contributed by atoms with E-state index in [4.69, 9.17) is 5.11 Å². The number of nitrogens with one attached hydrogen (secondary N) is 2. The summed E-state index contributed by atoms with van der Waals surface area (Å²) in [6.45, 7) is 4.88. The van der Waals surface area contributed by atoms with Gasteiger partial charge in [-0.05, 0) is 25.3 Å². The third-order valence-corrected chi connectivity index (χ3v) is 2.86. The first-order chi connectivity index (χ1) is 9.47. The SMILES string of the molecule is CC(CCC(=O)O)CNC(=O)NC(C)Cn1cccn1. The van der Waals surface area contributed by atoms with Gasteiger partial charge in [0.2, 0.25) is 0 Å². The average molecular weight is 282 g/mol. The maximum absolute atomic E-state index is 11.7. The summed E-state index contributed by atoms with van der Waals surface area (Å²) in [4.78, 5) is 22.1. The highest BCUT2D eigenvalue weighted by Gasteiger charge is 2.10. The van der Waals surface area contributed by atoms with Gasteiger partial charge in [0.05, 0.1) is 6.54 Å². The molecule has 1 heterocycles. The highest BCUT2D eigenvalue weighted by molar-refractivity contribution is 5.74. The Morgan fingerprint density at radius 2 is 2.15 bits per heavy atom. The van der Waals surface area contributed by atoms with Crippen LogP contribution >= 0.6 is 0 Å². The molecule has 7 heteroatoms. The Morgan fingerprint density at radius 3 is 2.75 bits per heavy atom. The fourth-order valence-electron chi connectivity index (χ4n) is 1.75. The minimum absolute atomic E-state index is 0.0378. The van der Waals surface area contributed by atoms with Crippen molar-refractivity contribution in [2.45, 2.75) is 39.3 Å². The number of carboxylic acids is 1. The number of carbonyl (C=O) groups is 2. The molecule has 0 saturated carbocycles. The van der Waals surface area contributed by atoms with Crippen LogP contribution in [0.25, 0.3) is 0 Å². The molecule has 0 fully saturated rings. The van der Waals surface area contributed by atoms with E-state index >= 15 is 0 Å². The van der Waals surface area contributed by atoms with Crippen molar-refractivity contribution in [2.24, 2.45) is 5.92 Å². The summed E-state index contributed by atoms with van der Waals surface area (Å²) >= 11 is 0. The lowest BCUT2D eigenvalue weighted by Crippen LogP contribution is -2.43. The maximum atomic E-state index is 11.7. The van der Waals surface area contributed by atoms with Crippen LogP contribution in [0, 0.1) is 5.92 Å². The summed E-state index contributed by atoms with van der Waals surface area (Å²) in [7, 11) is 0. The first-order valence-corrected chi connectivity index (χ1v) is 6.71. The molecule has 20 heavy (non-hydrogen) atoms. The van der Waals surface area contributed by atoms with Crippen molar-refractivity contribution in [3.05, 3.63) is 18.5 Å². The van der Waals surface area contributed by atoms with Crippen LogP contribution in [0.15, 0.2) is 18.5 Å². The Balaban J connectivity index is 2.17. The highest BCUT2D eigenvalue weighted by atomic mass is 16.4. The van der Waals surface area contributed by atoms with Crippen molar-refractivity contribution in [3.63, 3.8) is 0 Å². The van der Waals surface area contributed by atoms with Gasteiger partial charge in [0.15, 0.2) is 0 Å². The van der Waals surface area contributed by atoms with E-state index < -0.39 is 5.97 Å². The third kappa shape index (κ3) is 6.77. The number of nitrogens with zero attached hydrogens (tertiary/aromatic N) is 2. The summed E-state index contributed by atoms with van der Waals surface area (Å²) in [6.07, 6.45) is 4.21. The van der Waals surface area contributed by atoms with Gasteiger partial charge in [0.25, 0.3) is 0 Å². The predicted molar refractivity (Wildman–Crippen MR) is 74.3 cm³/mol. The minimum atomic E-state index is -0.811. The third-order valence-electron chi connectivity index (χ3n) is 2.86. The standard InChI is InChI=1S/C13H22N4O3/c1-10(4-5-12(18)19)8-14-13(20)16-11(2)9-17-7-3-6-15-17/h3,6-7,10-11H,4-5,8-9H2,1-2H3,(H,18,19)(H2,14,16,20). The molecule has 0 aliphatic rings. The molecule has 1 rings (SSSR count). The van der Waals surface area contributed by atoms with Gasteiger partial charge in [-0.3, -0.25) is 9.48 Å². The van der Waals surface area contributed by atoms with Crippen LogP contribution in [-0.2, 0) is 11.3 Å². The van der Waals surface area contributed by atoms with Gasteiger partial charge in [-0.15, -0.1) is 0 Å². The Labute approximate surface area is 118 Å². The Kier molecular flexibility index (Phi) is 6.55. The molecule has 0 aliphatic carbocycles. The van der Waals surface area contributed by atoms with E-state index in [0.29, 0.717) is 19.5 Å². The normalized spacial score (nSPS) is 13.5. The molecule has 7 nitrogen and oxygen atoms in total. The molecule has 0 radical (unpaired) electrons. The van der Waals surface area contributed by atoms with Gasteiger partial charge in [-0.2, -0.15) is 5.10 Å². The van der Waals surface area contributed by atoms with Gasteiger partial charge < -0.3 is 15.7 Å². The van der Waals surface area contributed by atoms with Crippen LogP contribution in [0.3, 0.4) is 0 Å². The molecule has 0 saturated heterocycles. The molecule has 0 bridgehead atoms. The highest BCUT2D eigenvalue weighted by Crippen LogP contribution is 2.03. The van der Waals surface area contributed by atoms with Crippen molar-refractivity contribution in [2.75, 3.05) is 6.54 Å². The topological polar surface area (TPSA) is 96.3 Å². The second kappa shape index (κ2) is 8.19. The molecule has 0 aliphatic heterocycles. The molecule has 2 unspecified atom stereocenters. The Hall–Kier alpha value is -2.05. The number of rotatable bonds is 8. The van der Waals surface area contributed by atoms with Crippen LogP contribution in [0.4, 0.5) is 4.79 Å². The van der Waals surface area contributed by atoms with Crippen LogP contribution < -0.4 is 10.6 Å². The number of hydrogen-bond donors (Lipinski definition) is 3. The number of hydrogen-bond acceptors (Lipinski definition) is 3. The second-order valence-corrected chi connectivity index (χ2v) is 5.02. The lowest BCUT2D eigenvalue weighted by Gasteiger charge is -2.16. The average Bonchev–Trinajstić information content (AvgIpc) is 2.86.